The first-order valence-electron chi connectivity index (χ1n) is 6.48. The molecule has 98 valence electrons. The number of piperidine rings is 1. The summed E-state index contributed by atoms with van der Waals surface area (Å²) in [7, 11) is 0. The fourth-order valence-corrected chi connectivity index (χ4v) is 2.11. The third kappa shape index (κ3) is 2.78. The Hall–Kier alpha value is -1.65. The third-order valence-electron chi connectivity index (χ3n) is 3.10. The first-order valence-corrected chi connectivity index (χ1v) is 6.48. The molecule has 0 N–H and O–H groups in total. The van der Waals surface area contributed by atoms with Crippen molar-refractivity contribution in [3.8, 4) is 0 Å². The SMILES string of the molecule is CCOC(=O)c1cnc(N2CCCCC2)nc1C. The molecule has 1 fully saturated rings. The Balaban J connectivity index is 2.16. The molecule has 0 radical (unpaired) electrons. The standard InChI is InChI=1S/C13H19N3O2/c1-3-18-12(17)11-9-14-13(15-10(11)2)16-7-5-4-6-8-16/h9H,3-8H2,1-2H3. The topological polar surface area (TPSA) is 55.3 Å². The maximum atomic E-state index is 11.6. The second-order valence-electron chi connectivity index (χ2n) is 4.44. The van der Waals surface area contributed by atoms with Gasteiger partial charge in [0.15, 0.2) is 0 Å². The summed E-state index contributed by atoms with van der Waals surface area (Å²) in [4.78, 5) is 22.5. The van der Waals surface area contributed by atoms with E-state index in [4.69, 9.17) is 4.74 Å². The van der Waals surface area contributed by atoms with Crippen LogP contribution < -0.4 is 4.90 Å². The van der Waals surface area contributed by atoms with Gasteiger partial charge in [-0.2, -0.15) is 0 Å². The van der Waals surface area contributed by atoms with E-state index in [1.165, 1.54) is 19.3 Å². The lowest BCUT2D eigenvalue weighted by Crippen LogP contribution is -2.31. The number of anilines is 1. The van der Waals surface area contributed by atoms with Crippen LogP contribution in [0.2, 0.25) is 0 Å². The zero-order chi connectivity index (χ0) is 13.0. The predicted molar refractivity (Wildman–Crippen MR) is 68.8 cm³/mol. The molecule has 0 aliphatic carbocycles. The van der Waals surface area contributed by atoms with Crippen molar-refractivity contribution in [1.82, 2.24) is 9.97 Å². The quantitative estimate of drug-likeness (QED) is 0.766. The summed E-state index contributed by atoms with van der Waals surface area (Å²) in [5.41, 5.74) is 1.14. The van der Waals surface area contributed by atoms with Crippen molar-refractivity contribution >= 4 is 11.9 Å². The highest BCUT2D eigenvalue weighted by Crippen LogP contribution is 2.17. The minimum absolute atomic E-state index is 0.347. The van der Waals surface area contributed by atoms with Gasteiger partial charge in [0.05, 0.1) is 17.9 Å². The number of hydrogen-bond donors (Lipinski definition) is 0. The van der Waals surface area contributed by atoms with Gasteiger partial charge in [0.1, 0.15) is 0 Å². The van der Waals surface area contributed by atoms with Crippen molar-refractivity contribution in [2.45, 2.75) is 33.1 Å². The fourth-order valence-electron chi connectivity index (χ4n) is 2.11. The van der Waals surface area contributed by atoms with E-state index in [1.54, 1.807) is 13.1 Å². The van der Waals surface area contributed by atoms with Crippen LogP contribution in [-0.4, -0.2) is 35.6 Å². The van der Waals surface area contributed by atoms with Gasteiger partial charge < -0.3 is 9.64 Å². The minimum atomic E-state index is -0.347. The lowest BCUT2D eigenvalue weighted by molar-refractivity contribution is 0.0524. The van der Waals surface area contributed by atoms with Crippen LogP contribution in [0.3, 0.4) is 0 Å². The van der Waals surface area contributed by atoms with E-state index in [9.17, 15) is 4.79 Å². The number of nitrogens with zero attached hydrogens (tertiary/aromatic N) is 3. The molecule has 0 spiro atoms. The Morgan fingerprint density at radius 2 is 2.11 bits per heavy atom. The van der Waals surface area contributed by atoms with Gasteiger partial charge in [-0.15, -0.1) is 0 Å². The molecule has 1 aromatic rings. The molecule has 2 rings (SSSR count). The van der Waals surface area contributed by atoms with Crippen LogP contribution in [0.4, 0.5) is 5.95 Å². The summed E-state index contributed by atoms with van der Waals surface area (Å²) in [5.74, 6) is 0.375. The summed E-state index contributed by atoms with van der Waals surface area (Å²) < 4.78 is 4.96. The average molecular weight is 249 g/mol. The van der Waals surface area contributed by atoms with Crippen LogP contribution in [0.15, 0.2) is 6.20 Å². The van der Waals surface area contributed by atoms with E-state index in [2.05, 4.69) is 14.9 Å². The smallest absolute Gasteiger partial charge is 0.341 e. The first kappa shape index (κ1) is 12.8. The highest BCUT2D eigenvalue weighted by Gasteiger charge is 2.17. The molecule has 5 nitrogen and oxygen atoms in total. The highest BCUT2D eigenvalue weighted by molar-refractivity contribution is 5.90. The second kappa shape index (κ2) is 5.80. The summed E-state index contributed by atoms with van der Waals surface area (Å²) in [6.07, 6.45) is 5.21. The van der Waals surface area contributed by atoms with Crippen molar-refractivity contribution in [3.63, 3.8) is 0 Å². The molecule has 5 heteroatoms. The number of carbonyl (C=O) groups is 1. The van der Waals surface area contributed by atoms with Crippen LogP contribution in [0.25, 0.3) is 0 Å². The number of aryl methyl sites for hydroxylation is 1. The van der Waals surface area contributed by atoms with Crippen LogP contribution in [0.1, 0.15) is 42.2 Å². The van der Waals surface area contributed by atoms with Gasteiger partial charge in [0.2, 0.25) is 5.95 Å². The highest BCUT2D eigenvalue weighted by atomic mass is 16.5. The van der Waals surface area contributed by atoms with E-state index < -0.39 is 0 Å². The number of aromatic nitrogens is 2. The van der Waals surface area contributed by atoms with Crippen LogP contribution >= 0.6 is 0 Å². The molecule has 18 heavy (non-hydrogen) atoms. The predicted octanol–water partition coefficient (Wildman–Crippen LogP) is 1.95. The molecule has 0 unspecified atom stereocenters. The molecular weight excluding hydrogens is 230 g/mol. The molecule has 1 aromatic heterocycles. The number of carbonyl (C=O) groups excluding carboxylic acids is 1. The molecule has 1 saturated heterocycles. The van der Waals surface area contributed by atoms with Crippen molar-refractivity contribution in [3.05, 3.63) is 17.5 Å². The van der Waals surface area contributed by atoms with Crippen molar-refractivity contribution in [2.24, 2.45) is 0 Å². The Bertz CT molecular complexity index is 428. The molecule has 0 amide bonds. The zero-order valence-corrected chi connectivity index (χ0v) is 11.0. The molecule has 0 saturated carbocycles. The van der Waals surface area contributed by atoms with E-state index in [-0.39, 0.29) is 5.97 Å². The lowest BCUT2D eigenvalue weighted by atomic mass is 10.1. The molecule has 1 aliphatic heterocycles. The maximum absolute atomic E-state index is 11.6. The summed E-state index contributed by atoms with van der Waals surface area (Å²) in [6, 6.07) is 0. The number of esters is 1. The van der Waals surface area contributed by atoms with Crippen LogP contribution in [0.5, 0.6) is 0 Å². The number of rotatable bonds is 3. The third-order valence-corrected chi connectivity index (χ3v) is 3.10. The first-order chi connectivity index (χ1) is 8.72. The molecule has 0 aromatic carbocycles. The van der Waals surface area contributed by atoms with Crippen molar-refractivity contribution in [1.29, 1.82) is 0 Å². The average Bonchev–Trinajstić information content (AvgIpc) is 2.40. The molecule has 2 heterocycles. The van der Waals surface area contributed by atoms with Crippen molar-refractivity contribution < 1.29 is 9.53 Å². The fraction of sp³-hybridized carbons (Fsp3) is 0.615. The van der Waals surface area contributed by atoms with Gasteiger partial charge in [-0.25, -0.2) is 14.8 Å². The van der Waals surface area contributed by atoms with Crippen LogP contribution in [-0.2, 0) is 4.74 Å². The molecule has 0 atom stereocenters. The lowest BCUT2D eigenvalue weighted by Gasteiger charge is -2.26. The van der Waals surface area contributed by atoms with E-state index in [1.807, 2.05) is 6.92 Å². The van der Waals surface area contributed by atoms with Crippen molar-refractivity contribution in [2.75, 3.05) is 24.6 Å². The Labute approximate surface area is 107 Å². The molecular formula is C13H19N3O2. The van der Waals surface area contributed by atoms with Gasteiger partial charge in [0, 0.05) is 19.3 Å². The van der Waals surface area contributed by atoms with Gasteiger partial charge in [-0.05, 0) is 33.1 Å². The minimum Gasteiger partial charge on any atom is -0.462 e. The van der Waals surface area contributed by atoms with Crippen LogP contribution in [0, 0.1) is 6.92 Å². The van der Waals surface area contributed by atoms with Gasteiger partial charge in [0.25, 0.3) is 0 Å². The Kier molecular flexibility index (Phi) is 4.12. The summed E-state index contributed by atoms with van der Waals surface area (Å²) in [5, 5.41) is 0. The monoisotopic (exact) mass is 249 g/mol. The second-order valence-corrected chi connectivity index (χ2v) is 4.44. The Morgan fingerprint density at radius 1 is 1.39 bits per heavy atom. The number of ether oxygens (including phenoxy) is 1. The van der Waals surface area contributed by atoms with E-state index in [0.29, 0.717) is 17.9 Å². The maximum Gasteiger partial charge on any atom is 0.341 e. The van der Waals surface area contributed by atoms with Gasteiger partial charge in [-0.1, -0.05) is 0 Å². The van der Waals surface area contributed by atoms with Gasteiger partial charge in [-0.3, -0.25) is 0 Å². The normalized spacial score (nSPS) is 15.6. The molecule has 1 aliphatic rings. The summed E-state index contributed by atoms with van der Waals surface area (Å²) in [6.45, 7) is 5.97. The zero-order valence-electron chi connectivity index (χ0n) is 11.0. The van der Waals surface area contributed by atoms with E-state index >= 15 is 0 Å². The van der Waals surface area contributed by atoms with Gasteiger partial charge >= 0.3 is 5.97 Å². The largest absolute Gasteiger partial charge is 0.462 e. The molecule has 0 bridgehead atoms. The summed E-state index contributed by atoms with van der Waals surface area (Å²) >= 11 is 0. The Morgan fingerprint density at radius 3 is 2.72 bits per heavy atom. The van der Waals surface area contributed by atoms with E-state index in [0.717, 1.165) is 19.0 Å². The number of hydrogen-bond acceptors (Lipinski definition) is 5.